The van der Waals surface area contributed by atoms with E-state index in [0.29, 0.717) is 0 Å². The molecule has 1 N–H and O–H groups in total. The van der Waals surface area contributed by atoms with Crippen molar-refractivity contribution >= 4 is 0 Å². The number of hydrogen-bond donors (Lipinski definition) is 1. The quantitative estimate of drug-likeness (QED) is 0.890. The number of nitrogens with one attached hydrogen (secondary N) is 1. The van der Waals surface area contributed by atoms with E-state index in [1.165, 1.54) is 31.4 Å². The van der Waals surface area contributed by atoms with Crippen molar-refractivity contribution < 1.29 is 0 Å². The Hall–Kier alpha value is -0.890. The summed E-state index contributed by atoms with van der Waals surface area (Å²) in [6.45, 7) is 7.91. The first-order valence-electron chi connectivity index (χ1n) is 7.69. The van der Waals surface area contributed by atoms with E-state index < -0.39 is 0 Å². The first-order chi connectivity index (χ1) is 9.04. The fourth-order valence-corrected chi connectivity index (χ4v) is 3.05. The van der Waals surface area contributed by atoms with Crippen LogP contribution in [0, 0.1) is 11.8 Å². The summed E-state index contributed by atoms with van der Waals surface area (Å²) in [5.74, 6) is 1.62. The minimum Gasteiger partial charge on any atom is -0.312 e. The van der Waals surface area contributed by atoms with Gasteiger partial charge >= 0.3 is 0 Å². The lowest BCUT2D eigenvalue weighted by Gasteiger charge is -2.34. The highest BCUT2D eigenvalue weighted by molar-refractivity contribution is 5.05. The number of hydrogen-bond acceptors (Lipinski definition) is 2. The fourth-order valence-electron chi connectivity index (χ4n) is 3.05. The van der Waals surface area contributed by atoms with Crippen LogP contribution in [0.15, 0.2) is 24.4 Å². The minimum atomic E-state index is 0.229. The summed E-state index contributed by atoms with van der Waals surface area (Å²) in [5, 5.41) is 3.69. The average molecular weight is 260 g/mol. The third-order valence-electron chi connectivity index (χ3n) is 4.16. The third-order valence-corrected chi connectivity index (χ3v) is 4.16. The Kier molecular flexibility index (Phi) is 4.98. The highest BCUT2D eigenvalue weighted by atomic mass is 14.9. The Morgan fingerprint density at radius 3 is 2.53 bits per heavy atom. The van der Waals surface area contributed by atoms with Crippen LogP contribution in [0.4, 0.5) is 0 Å². The first kappa shape index (κ1) is 14.5. The number of pyridine rings is 1. The molecule has 1 aliphatic carbocycles. The first-order valence-corrected chi connectivity index (χ1v) is 7.69. The Balaban J connectivity index is 1.92. The summed E-state index contributed by atoms with van der Waals surface area (Å²) >= 11 is 0. The Labute approximate surface area is 118 Å². The summed E-state index contributed by atoms with van der Waals surface area (Å²) in [5.41, 5.74) is 1.49. The Bertz CT molecular complexity index is 367. The molecule has 1 aliphatic rings. The molecule has 2 nitrogen and oxygen atoms in total. The molecule has 2 rings (SSSR count). The molecule has 1 heterocycles. The van der Waals surface area contributed by atoms with Gasteiger partial charge in [-0.05, 0) is 70.5 Å². The molecule has 1 aromatic rings. The third kappa shape index (κ3) is 4.94. The second-order valence-corrected chi connectivity index (χ2v) is 6.96. The van der Waals surface area contributed by atoms with E-state index in [1.54, 1.807) is 0 Å². The van der Waals surface area contributed by atoms with Crippen molar-refractivity contribution in [3.63, 3.8) is 0 Å². The average Bonchev–Trinajstić information content (AvgIpc) is 2.38. The van der Waals surface area contributed by atoms with Gasteiger partial charge in [0.15, 0.2) is 0 Å². The zero-order valence-corrected chi connectivity index (χ0v) is 12.7. The maximum Gasteiger partial charge on any atom is 0.0406 e. The summed E-state index contributed by atoms with van der Waals surface area (Å²) in [4.78, 5) is 4.50. The van der Waals surface area contributed by atoms with Crippen LogP contribution in [0.3, 0.4) is 0 Å². The summed E-state index contributed by atoms with van der Waals surface area (Å²) in [6.07, 6.45) is 8.60. The van der Waals surface area contributed by atoms with Gasteiger partial charge in [0.05, 0.1) is 0 Å². The van der Waals surface area contributed by atoms with E-state index in [9.17, 15) is 0 Å². The van der Waals surface area contributed by atoms with E-state index in [0.717, 1.165) is 24.8 Å². The predicted molar refractivity (Wildman–Crippen MR) is 81.1 cm³/mol. The van der Waals surface area contributed by atoms with Gasteiger partial charge in [-0.25, -0.2) is 0 Å². The lowest BCUT2D eigenvalue weighted by atomic mass is 9.76. The van der Waals surface area contributed by atoms with Crippen LogP contribution >= 0.6 is 0 Å². The summed E-state index contributed by atoms with van der Waals surface area (Å²) < 4.78 is 0. The minimum absolute atomic E-state index is 0.229. The Morgan fingerprint density at radius 1 is 1.16 bits per heavy atom. The maximum absolute atomic E-state index is 4.50. The van der Waals surface area contributed by atoms with Gasteiger partial charge < -0.3 is 5.32 Å². The molecule has 0 spiro atoms. The van der Waals surface area contributed by atoms with Crippen LogP contribution in [0.1, 0.15) is 52.1 Å². The normalized spacial score (nSPS) is 24.4. The van der Waals surface area contributed by atoms with Gasteiger partial charge in [0.1, 0.15) is 0 Å². The van der Waals surface area contributed by atoms with Gasteiger partial charge in [-0.15, -0.1) is 0 Å². The zero-order valence-electron chi connectivity index (χ0n) is 12.7. The number of rotatable bonds is 4. The van der Waals surface area contributed by atoms with E-state index in [2.05, 4.69) is 43.2 Å². The molecule has 0 radical (unpaired) electrons. The van der Waals surface area contributed by atoms with E-state index >= 15 is 0 Å². The van der Waals surface area contributed by atoms with E-state index in [1.807, 2.05) is 12.3 Å². The molecule has 106 valence electrons. The van der Waals surface area contributed by atoms with Crippen molar-refractivity contribution in [3.8, 4) is 0 Å². The molecule has 0 amide bonds. The highest BCUT2D eigenvalue weighted by Gasteiger charge is 2.26. The van der Waals surface area contributed by atoms with Crippen LogP contribution in [0.2, 0.25) is 0 Å². The van der Waals surface area contributed by atoms with Gasteiger partial charge in [-0.2, -0.15) is 0 Å². The van der Waals surface area contributed by atoms with Crippen molar-refractivity contribution in [2.75, 3.05) is 6.54 Å². The van der Waals surface area contributed by atoms with Crippen molar-refractivity contribution in [3.05, 3.63) is 30.1 Å². The summed E-state index contributed by atoms with van der Waals surface area (Å²) in [6, 6.07) is 6.28. The standard InChI is InChI=1S/C17H28N2/c1-17(2,3)19-13-15-9-5-4-8-14(15)12-16-10-6-7-11-18-16/h6-7,10-11,14-15,19H,4-5,8-9,12-13H2,1-3H3. The largest absolute Gasteiger partial charge is 0.312 e. The van der Waals surface area contributed by atoms with E-state index in [-0.39, 0.29) is 5.54 Å². The van der Waals surface area contributed by atoms with Crippen LogP contribution in [0.5, 0.6) is 0 Å². The monoisotopic (exact) mass is 260 g/mol. The van der Waals surface area contributed by atoms with Crippen LogP contribution in [-0.4, -0.2) is 17.1 Å². The molecule has 1 aromatic heterocycles. The number of nitrogens with zero attached hydrogens (tertiary/aromatic N) is 1. The molecule has 19 heavy (non-hydrogen) atoms. The predicted octanol–water partition coefficient (Wildman–Crippen LogP) is 3.82. The molecule has 0 aliphatic heterocycles. The lowest BCUT2D eigenvalue weighted by molar-refractivity contribution is 0.212. The molecule has 1 fully saturated rings. The molecule has 0 bridgehead atoms. The zero-order chi connectivity index (χ0) is 13.7. The molecule has 2 atom stereocenters. The van der Waals surface area contributed by atoms with Gasteiger partial charge in [-0.1, -0.05) is 18.9 Å². The van der Waals surface area contributed by atoms with Crippen molar-refractivity contribution in [1.29, 1.82) is 0 Å². The topological polar surface area (TPSA) is 24.9 Å². The lowest BCUT2D eigenvalue weighted by Crippen LogP contribution is -2.41. The molecule has 2 unspecified atom stereocenters. The highest BCUT2D eigenvalue weighted by Crippen LogP contribution is 2.32. The molecule has 0 aromatic carbocycles. The van der Waals surface area contributed by atoms with Gasteiger partial charge in [0.25, 0.3) is 0 Å². The second kappa shape index (κ2) is 6.51. The molecule has 2 heteroatoms. The van der Waals surface area contributed by atoms with Crippen LogP contribution in [-0.2, 0) is 6.42 Å². The maximum atomic E-state index is 4.50. The Morgan fingerprint density at radius 2 is 1.89 bits per heavy atom. The van der Waals surface area contributed by atoms with Gasteiger partial charge in [-0.3, -0.25) is 4.98 Å². The smallest absolute Gasteiger partial charge is 0.0406 e. The molecular formula is C17H28N2. The second-order valence-electron chi connectivity index (χ2n) is 6.96. The van der Waals surface area contributed by atoms with Crippen molar-refractivity contribution in [1.82, 2.24) is 10.3 Å². The van der Waals surface area contributed by atoms with E-state index in [4.69, 9.17) is 0 Å². The van der Waals surface area contributed by atoms with Gasteiger partial charge in [0, 0.05) is 17.4 Å². The SMILES string of the molecule is CC(C)(C)NCC1CCCCC1Cc1ccccn1. The van der Waals surface area contributed by atoms with Crippen molar-refractivity contribution in [2.24, 2.45) is 11.8 Å². The molecule has 0 saturated heterocycles. The molecule has 1 saturated carbocycles. The van der Waals surface area contributed by atoms with Crippen LogP contribution in [0.25, 0.3) is 0 Å². The molecular weight excluding hydrogens is 232 g/mol. The summed E-state index contributed by atoms with van der Waals surface area (Å²) in [7, 11) is 0. The number of aromatic nitrogens is 1. The van der Waals surface area contributed by atoms with Gasteiger partial charge in [0.2, 0.25) is 0 Å². The van der Waals surface area contributed by atoms with Crippen LogP contribution < -0.4 is 5.32 Å². The fraction of sp³-hybridized carbons (Fsp3) is 0.706. The van der Waals surface area contributed by atoms with Crippen molar-refractivity contribution in [2.45, 2.75) is 58.4 Å².